The topological polar surface area (TPSA) is 66.5 Å². The quantitative estimate of drug-likeness (QED) is 0.749. The molecule has 0 amide bonds. The molecule has 5 nitrogen and oxygen atoms in total. The van der Waals surface area contributed by atoms with E-state index in [1.807, 2.05) is 18.5 Å². The van der Waals surface area contributed by atoms with E-state index in [9.17, 15) is 0 Å². The molecule has 0 unspecified atom stereocenters. The first-order valence-electron chi connectivity index (χ1n) is 9.32. The molecule has 0 saturated carbocycles. The molecule has 134 valence electrons. The van der Waals surface area contributed by atoms with Gasteiger partial charge in [-0.25, -0.2) is 4.98 Å². The molecular formula is C21H25N5. The molecule has 26 heavy (non-hydrogen) atoms. The molecule has 5 heteroatoms. The Balaban J connectivity index is 1.57. The van der Waals surface area contributed by atoms with Crippen LogP contribution in [0, 0.1) is 13.8 Å². The predicted molar refractivity (Wildman–Crippen MR) is 102 cm³/mol. The minimum Gasteiger partial charge on any atom is -0.348 e. The third-order valence-corrected chi connectivity index (χ3v) is 5.22. The van der Waals surface area contributed by atoms with Gasteiger partial charge in [0.15, 0.2) is 0 Å². The van der Waals surface area contributed by atoms with Crippen molar-refractivity contribution < 1.29 is 0 Å². The van der Waals surface area contributed by atoms with Crippen LogP contribution >= 0.6 is 0 Å². The highest BCUT2D eigenvalue weighted by Gasteiger charge is 2.27. The van der Waals surface area contributed by atoms with Crippen LogP contribution in [0.4, 0.5) is 0 Å². The minimum absolute atomic E-state index is 0.275. The second-order valence-electron chi connectivity index (χ2n) is 7.17. The number of imidazole rings is 1. The van der Waals surface area contributed by atoms with Gasteiger partial charge < -0.3 is 10.3 Å². The van der Waals surface area contributed by atoms with Crippen LogP contribution in [0.2, 0.25) is 0 Å². The molecule has 1 aliphatic heterocycles. The number of aromatic amines is 1. The van der Waals surface area contributed by atoms with E-state index in [0.29, 0.717) is 6.04 Å². The van der Waals surface area contributed by atoms with Crippen molar-refractivity contribution in [3.8, 4) is 0 Å². The Morgan fingerprint density at radius 2 is 1.85 bits per heavy atom. The van der Waals surface area contributed by atoms with Gasteiger partial charge in [-0.15, -0.1) is 0 Å². The summed E-state index contributed by atoms with van der Waals surface area (Å²) in [5.74, 6) is 0. The molecular weight excluding hydrogens is 322 g/mol. The van der Waals surface area contributed by atoms with Crippen LogP contribution in [-0.4, -0.2) is 19.9 Å². The lowest BCUT2D eigenvalue weighted by Gasteiger charge is -2.32. The van der Waals surface area contributed by atoms with Gasteiger partial charge in [-0.2, -0.15) is 0 Å². The van der Waals surface area contributed by atoms with Crippen LogP contribution in [0.15, 0.2) is 43.0 Å². The Kier molecular flexibility index (Phi) is 4.80. The molecule has 1 aliphatic rings. The summed E-state index contributed by atoms with van der Waals surface area (Å²) < 4.78 is 0. The van der Waals surface area contributed by atoms with E-state index in [2.05, 4.69) is 52.3 Å². The highest BCUT2D eigenvalue weighted by atomic mass is 15.0. The molecule has 2 N–H and O–H groups in total. The molecule has 0 radical (unpaired) electrons. The Morgan fingerprint density at radius 1 is 1.04 bits per heavy atom. The zero-order valence-electron chi connectivity index (χ0n) is 15.4. The number of nitrogens with zero attached hydrogens (tertiary/aromatic N) is 3. The number of hydrogen-bond donors (Lipinski definition) is 2. The second-order valence-corrected chi connectivity index (χ2v) is 7.17. The molecule has 1 fully saturated rings. The van der Waals surface area contributed by atoms with Crippen LogP contribution < -0.4 is 5.32 Å². The zero-order chi connectivity index (χ0) is 17.9. The summed E-state index contributed by atoms with van der Waals surface area (Å²) in [6.07, 6.45) is 9.67. The highest BCUT2D eigenvalue weighted by molar-refractivity contribution is 5.28. The molecule has 4 rings (SSSR count). The maximum atomic E-state index is 4.99. The van der Waals surface area contributed by atoms with Crippen molar-refractivity contribution in [2.75, 3.05) is 0 Å². The lowest BCUT2D eigenvalue weighted by molar-refractivity contribution is 0.319. The molecule has 3 aromatic heterocycles. The van der Waals surface area contributed by atoms with Crippen LogP contribution in [-0.2, 0) is 6.42 Å². The van der Waals surface area contributed by atoms with Gasteiger partial charge in [0.2, 0.25) is 0 Å². The van der Waals surface area contributed by atoms with Crippen molar-refractivity contribution in [1.29, 1.82) is 0 Å². The number of rotatable bonds is 4. The smallest absolute Gasteiger partial charge is 0.0921 e. The number of nitrogens with one attached hydrogen (secondary N) is 2. The predicted octanol–water partition coefficient (Wildman–Crippen LogP) is 3.96. The van der Waals surface area contributed by atoms with Gasteiger partial charge in [0.05, 0.1) is 29.8 Å². The summed E-state index contributed by atoms with van der Waals surface area (Å²) in [4.78, 5) is 16.9. The van der Waals surface area contributed by atoms with E-state index < -0.39 is 0 Å². The Morgan fingerprint density at radius 3 is 2.62 bits per heavy atom. The molecule has 0 aromatic carbocycles. The Bertz CT molecular complexity index is 872. The summed E-state index contributed by atoms with van der Waals surface area (Å²) in [6, 6.07) is 9.02. The molecule has 0 aliphatic carbocycles. The number of pyridine rings is 2. The number of hydrogen-bond acceptors (Lipinski definition) is 4. The van der Waals surface area contributed by atoms with Crippen LogP contribution in [0.1, 0.15) is 65.2 Å². The largest absolute Gasteiger partial charge is 0.348 e. The van der Waals surface area contributed by atoms with Crippen molar-refractivity contribution >= 4 is 0 Å². The molecule has 1 saturated heterocycles. The van der Waals surface area contributed by atoms with Gasteiger partial charge in [-0.3, -0.25) is 9.97 Å². The normalized spacial score (nSPS) is 20.2. The highest BCUT2D eigenvalue weighted by Crippen LogP contribution is 2.33. The average Bonchev–Trinajstić information content (AvgIpc) is 3.17. The van der Waals surface area contributed by atoms with Crippen molar-refractivity contribution in [2.24, 2.45) is 0 Å². The van der Waals surface area contributed by atoms with E-state index in [1.54, 1.807) is 6.33 Å². The van der Waals surface area contributed by atoms with E-state index in [0.717, 1.165) is 30.7 Å². The maximum Gasteiger partial charge on any atom is 0.0921 e. The monoisotopic (exact) mass is 347 g/mol. The van der Waals surface area contributed by atoms with Gasteiger partial charge in [-0.05, 0) is 56.4 Å². The molecule has 2 atom stereocenters. The number of H-pyrrole nitrogens is 1. The molecule has 0 spiro atoms. The van der Waals surface area contributed by atoms with E-state index in [1.165, 1.54) is 28.9 Å². The second kappa shape index (κ2) is 7.38. The van der Waals surface area contributed by atoms with E-state index >= 15 is 0 Å². The van der Waals surface area contributed by atoms with Crippen LogP contribution in [0.5, 0.6) is 0 Å². The van der Waals surface area contributed by atoms with Gasteiger partial charge in [0.25, 0.3) is 0 Å². The minimum atomic E-state index is 0.275. The summed E-state index contributed by atoms with van der Waals surface area (Å²) in [5.41, 5.74) is 7.00. The van der Waals surface area contributed by atoms with E-state index in [-0.39, 0.29) is 6.04 Å². The fourth-order valence-corrected chi connectivity index (χ4v) is 3.84. The SMILES string of the molecule is Cc1cccnc1[C@@H]1CCC[C@H](c2nc(Cc3cnc[nH]3)ccc2C)N1. The third-order valence-electron chi connectivity index (χ3n) is 5.22. The van der Waals surface area contributed by atoms with Crippen molar-refractivity contribution in [2.45, 2.75) is 51.6 Å². The van der Waals surface area contributed by atoms with Gasteiger partial charge in [0, 0.05) is 30.2 Å². The summed E-state index contributed by atoms with van der Waals surface area (Å²) in [5, 5.41) is 3.81. The maximum absolute atomic E-state index is 4.99. The fourth-order valence-electron chi connectivity index (χ4n) is 3.84. The van der Waals surface area contributed by atoms with Crippen molar-refractivity contribution in [3.05, 3.63) is 76.9 Å². The standard InChI is InChI=1S/C21H25N5/c1-14-5-4-10-23-20(14)18-6-3-7-19(26-18)21-15(2)8-9-16(25-21)11-17-12-22-13-24-17/h4-5,8-10,12-13,18-19,26H,3,6-7,11H2,1-2H3,(H,22,24)/t18-,19+/m0/s1. The van der Waals surface area contributed by atoms with Gasteiger partial charge >= 0.3 is 0 Å². The molecule has 4 heterocycles. The molecule has 3 aromatic rings. The Labute approximate surface area is 154 Å². The summed E-state index contributed by atoms with van der Waals surface area (Å²) >= 11 is 0. The van der Waals surface area contributed by atoms with Crippen molar-refractivity contribution in [1.82, 2.24) is 25.3 Å². The third kappa shape index (κ3) is 3.53. The molecule has 0 bridgehead atoms. The first-order chi connectivity index (χ1) is 12.7. The number of aryl methyl sites for hydroxylation is 2. The first-order valence-corrected chi connectivity index (χ1v) is 9.32. The van der Waals surface area contributed by atoms with E-state index in [4.69, 9.17) is 4.98 Å². The number of piperidine rings is 1. The first kappa shape index (κ1) is 16.9. The Hall–Kier alpha value is -2.53. The van der Waals surface area contributed by atoms with Gasteiger partial charge in [0.1, 0.15) is 0 Å². The summed E-state index contributed by atoms with van der Waals surface area (Å²) in [7, 11) is 0. The van der Waals surface area contributed by atoms with Crippen molar-refractivity contribution in [3.63, 3.8) is 0 Å². The lowest BCUT2D eigenvalue weighted by atomic mass is 9.91. The van der Waals surface area contributed by atoms with Crippen LogP contribution in [0.25, 0.3) is 0 Å². The fraction of sp³-hybridized carbons (Fsp3) is 0.381. The zero-order valence-corrected chi connectivity index (χ0v) is 15.4. The summed E-state index contributed by atoms with van der Waals surface area (Å²) in [6.45, 7) is 4.29. The average molecular weight is 347 g/mol. The van der Waals surface area contributed by atoms with Crippen LogP contribution in [0.3, 0.4) is 0 Å². The lowest BCUT2D eigenvalue weighted by Crippen LogP contribution is -2.32. The van der Waals surface area contributed by atoms with Gasteiger partial charge in [-0.1, -0.05) is 12.1 Å². The number of aromatic nitrogens is 4.